The third-order valence-electron chi connectivity index (χ3n) is 7.41. The molecule has 3 atom stereocenters. The first-order valence-electron chi connectivity index (χ1n) is 14.4. The molecule has 4 rings (SSSR count). The van der Waals surface area contributed by atoms with Crippen LogP contribution in [0.3, 0.4) is 0 Å². The summed E-state index contributed by atoms with van der Waals surface area (Å²) in [7, 11) is -2.53. The number of alkyl carbamates (subject to hydrolysis) is 1. The molecule has 1 aliphatic carbocycles. The van der Waals surface area contributed by atoms with Crippen LogP contribution in [0.5, 0.6) is 0 Å². The summed E-state index contributed by atoms with van der Waals surface area (Å²) in [4.78, 5) is 30.8. The molecule has 0 bridgehead atoms. The standard InChI is InChI=1S/C30H39ClN6O7S/c1-18-13-20(18)16-37(17-23(38)39)22-14-21(24(31)25(32-22)36(6)45(7,41)42)26-34-35-27(43-26)30(5,15-19-11-9-8-10-12-19)33-28(40)44-29(2,3)4/h8-12,14,18,20H,13,15-17H2,1-7H3,(H,33,40)(H,38,39)/t18?,20?,30-/m1/s1. The molecule has 1 saturated carbocycles. The first-order valence-corrected chi connectivity index (χ1v) is 16.6. The van der Waals surface area contributed by atoms with Crippen molar-refractivity contribution in [1.29, 1.82) is 0 Å². The smallest absolute Gasteiger partial charge is 0.408 e. The van der Waals surface area contributed by atoms with Crippen molar-refractivity contribution in [2.24, 2.45) is 11.8 Å². The van der Waals surface area contributed by atoms with E-state index in [9.17, 15) is 23.1 Å². The molecule has 2 N–H and O–H groups in total. The predicted octanol–water partition coefficient (Wildman–Crippen LogP) is 4.71. The molecule has 1 fully saturated rings. The molecule has 0 radical (unpaired) electrons. The molecule has 0 saturated heterocycles. The van der Waals surface area contributed by atoms with Gasteiger partial charge in [-0.25, -0.2) is 18.2 Å². The fourth-order valence-corrected chi connectivity index (χ4v) is 5.59. The third kappa shape index (κ3) is 8.63. The molecule has 0 aliphatic heterocycles. The molecule has 3 aromatic rings. The maximum absolute atomic E-state index is 12.9. The van der Waals surface area contributed by atoms with Crippen LogP contribution in [0.4, 0.5) is 16.4 Å². The van der Waals surface area contributed by atoms with Crippen LogP contribution in [0.2, 0.25) is 5.02 Å². The Hall–Kier alpha value is -3.91. The number of benzene rings is 1. The van der Waals surface area contributed by atoms with Crippen molar-refractivity contribution in [1.82, 2.24) is 20.5 Å². The van der Waals surface area contributed by atoms with Gasteiger partial charge in [-0.15, -0.1) is 10.2 Å². The van der Waals surface area contributed by atoms with E-state index in [2.05, 4.69) is 27.4 Å². The summed E-state index contributed by atoms with van der Waals surface area (Å²) >= 11 is 6.76. The number of sulfonamides is 1. The van der Waals surface area contributed by atoms with E-state index in [1.807, 2.05) is 30.3 Å². The number of anilines is 2. The number of aliphatic carboxylic acids is 1. The highest BCUT2D eigenvalue weighted by atomic mass is 35.5. The molecule has 2 aromatic heterocycles. The number of rotatable bonds is 12. The minimum absolute atomic E-state index is 0.0360. The third-order valence-corrected chi connectivity index (χ3v) is 8.95. The maximum atomic E-state index is 12.9. The van der Waals surface area contributed by atoms with E-state index < -0.39 is 33.2 Å². The van der Waals surface area contributed by atoms with Gasteiger partial charge in [0.1, 0.15) is 23.5 Å². The summed E-state index contributed by atoms with van der Waals surface area (Å²) in [6, 6.07) is 10.9. The second-order valence-electron chi connectivity index (χ2n) is 12.7. The monoisotopic (exact) mass is 662 g/mol. The largest absolute Gasteiger partial charge is 0.480 e. The highest BCUT2D eigenvalue weighted by molar-refractivity contribution is 7.92. The molecule has 2 unspecified atom stereocenters. The Morgan fingerprint density at radius 2 is 1.82 bits per heavy atom. The van der Waals surface area contributed by atoms with E-state index in [0.29, 0.717) is 12.5 Å². The van der Waals surface area contributed by atoms with E-state index in [1.54, 1.807) is 32.6 Å². The minimum atomic E-state index is -3.82. The van der Waals surface area contributed by atoms with Crippen molar-refractivity contribution in [3.05, 3.63) is 52.9 Å². The predicted molar refractivity (Wildman–Crippen MR) is 170 cm³/mol. The average molecular weight is 663 g/mol. The Bertz CT molecular complexity index is 1660. The van der Waals surface area contributed by atoms with E-state index in [0.717, 1.165) is 22.5 Å². The van der Waals surface area contributed by atoms with Gasteiger partial charge in [0, 0.05) is 20.0 Å². The molecule has 15 heteroatoms. The van der Waals surface area contributed by atoms with E-state index in [4.69, 9.17) is 20.8 Å². The van der Waals surface area contributed by atoms with Crippen LogP contribution in [0.15, 0.2) is 40.8 Å². The molecular weight excluding hydrogens is 624 g/mol. The zero-order valence-corrected chi connectivity index (χ0v) is 27.9. The number of carboxylic acid groups (broad SMARTS) is 1. The molecule has 2 heterocycles. The van der Waals surface area contributed by atoms with Crippen molar-refractivity contribution in [2.45, 2.75) is 58.6 Å². The van der Waals surface area contributed by atoms with Crippen LogP contribution >= 0.6 is 11.6 Å². The van der Waals surface area contributed by atoms with Crippen molar-refractivity contribution in [3.63, 3.8) is 0 Å². The van der Waals surface area contributed by atoms with Crippen LogP contribution in [0.1, 0.15) is 52.5 Å². The Balaban J connectivity index is 1.82. The van der Waals surface area contributed by atoms with Crippen LogP contribution in [-0.4, -0.2) is 72.8 Å². The number of amides is 1. The quantitative estimate of drug-likeness (QED) is 0.275. The summed E-state index contributed by atoms with van der Waals surface area (Å²) in [6.45, 7) is 9.06. The van der Waals surface area contributed by atoms with E-state index >= 15 is 0 Å². The number of hydrogen-bond acceptors (Lipinski definition) is 10. The van der Waals surface area contributed by atoms with Gasteiger partial charge in [0.05, 0.1) is 16.8 Å². The number of carbonyl (C=O) groups is 2. The second-order valence-corrected chi connectivity index (χ2v) is 15.1. The zero-order valence-electron chi connectivity index (χ0n) is 26.4. The number of pyridine rings is 1. The number of aromatic nitrogens is 3. The normalized spacial score (nSPS) is 17.7. The molecule has 1 aliphatic rings. The Labute approximate surface area is 268 Å². The van der Waals surface area contributed by atoms with Crippen molar-refractivity contribution < 1.29 is 32.3 Å². The second kappa shape index (κ2) is 12.8. The summed E-state index contributed by atoms with van der Waals surface area (Å²) in [5.74, 6) is -0.399. The Morgan fingerprint density at radius 3 is 2.38 bits per heavy atom. The number of nitrogens with zero attached hydrogens (tertiary/aromatic N) is 5. The molecule has 244 valence electrons. The van der Waals surface area contributed by atoms with Gasteiger partial charge in [0.2, 0.25) is 21.8 Å². The first kappa shape index (κ1) is 34.0. The summed E-state index contributed by atoms with van der Waals surface area (Å²) in [5.41, 5.74) is -0.984. The lowest BCUT2D eigenvalue weighted by Gasteiger charge is -2.29. The van der Waals surface area contributed by atoms with Crippen molar-refractivity contribution >= 4 is 45.3 Å². The van der Waals surface area contributed by atoms with Gasteiger partial charge in [0.15, 0.2) is 5.82 Å². The van der Waals surface area contributed by atoms with Gasteiger partial charge in [-0.3, -0.25) is 9.10 Å². The molecule has 1 aromatic carbocycles. The lowest BCUT2D eigenvalue weighted by molar-refractivity contribution is -0.135. The number of hydrogen-bond donors (Lipinski definition) is 2. The molecule has 0 spiro atoms. The highest BCUT2D eigenvalue weighted by Crippen LogP contribution is 2.41. The fourth-order valence-electron chi connectivity index (χ4n) is 4.79. The van der Waals surface area contributed by atoms with Crippen LogP contribution < -0.4 is 14.5 Å². The fraction of sp³-hybridized carbons (Fsp3) is 0.500. The minimum Gasteiger partial charge on any atom is -0.480 e. The topological polar surface area (TPSA) is 168 Å². The van der Waals surface area contributed by atoms with Gasteiger partial charge in [-0.1, -0.05) is 48.9 Å². The van der Waals surface area contributed by atoms with Crippen molar-refractivity contribution in [3.8, 4) is 11.5 Å². The average Bonchev–Trinajstić information content (AvgIpc) is 3.38. The Kier molecular flexibility index (Phi) is 9.69. The molecule has 1 amide bonds. The Morgan fingerprint density at radius 1 is 1.18 bits per heavy atom. The van der Waals surface area contributed by atoms with Crippen LogP contribution in [0, 0.1) is 11.8 Å². The van der Waals surface area contributed by atoms with Gasteiger partial charge >= 0.3 is 12.1 Å². The van der Waals surface area contributed by atoms with Crippen LogP contribution in [0.25, 0.3) is 11.5 Å². The summed E-state index contributed by atoms with van der Waals surface area (Å²) in [5, 5.41) is 20.9. The summed E-state index contributed by atoms with van der Waals surface area (Å²) in [6.07, 6.45) is 1.50. The number of carboxylic acids is 1. The van der Waals surface area contributed by atoms with Gasteiger partial charge in [0.25, 0.3) is 0 Å². The van der Waals surface area contributed by atoms with Gasteiger partial charge in [-0.05, 0) is 57.6 Å². The van der Waals surface area contributed by atoms with E-state index in [-0.39, 0.29) is 52.9 Å². The molecular formula is C30H39ClN6O7S. The number of halogens is 1. The number of carbonyl (C=O) groups excluding carboxylic acids is 1. The first-order chi connectivity index (χ1) is 20.9. The zero-order chi connectivity index (χ0) is 33.3. The highest BCUT2D eigenvalue weighted by Gasteiger charge is 2.38. The lowest BCUT2D eigenvalue weighted by Crippen LogP contribution is -2.47. The summed E-state index contributed by atoms with van der Waals surface area (Å²) < 4.78 is 37.7. The number of ether oxygens (including phenoxy) is 1. The van der Waals surface area contributed by atoms with Crippen LogP contribution in [-0.2, 0) is 31.5 Å². The van der Waals surface area contributed by atoms with E-state index in [1.165, 1.54) is 13.1 Å². The molecule has 45 heavy (non-hydrogen) atoms. The van der Waals surface area contributed by atoms with Gasteiger partial charge in [-0.2, -0.15) is 0 Å². The lowest BCUT2D eigenvalue weighted by atomic mass is 9.92. The molecule has 13 nitrogen and oxygen atoms in total. The van der Waals surface area contributed by atoms with Crippen molar-refractivity contribution in [2.75, 3.05) is 35.6 Å². The van der Waals surface area contributed by atoms with Gasteiger partial charge < -0.3 is 24.5 Å². The number of nitrogens with one attached hydrogen (secondary N) is 1. The maximum Gasteiger partial charge on any atom is 0.408 e. The SMILES string of the molecule is CC1CC1CN(CC(=O)O)c1cc(-c2nnc([C@@](C)(Cc3ccccc3)NC(=O)OC(C)(C)C)o2)c(Cl)c(N(C)S(C)(=O)=O)n1.